The number of benzene rings is 2. The van der Waals surface area contributed by atoms with Crippen molar-refractivity contribution >= 4 is 28.9 Å². The number of halogens is 2. The quantitative estimate of drug-likeness (QED) is 0.866. The van der Waals surface area contributed by atoms with Crippen LogP contribution < -0.4 is 10.6 Å². The maximum absolute atomic E-state index is 13.2. The molecule has 0 aliphatic heterocycles. The van der Waals surface area contributed by atoms with Gasteiger partial charge >= 0.3 is 0 Å². The fourth-order valence-corrected chi connectivity index (χ4v) is 2.23. The van der Waals surface area contributed by atoms with E-state index in [1.54, 1.807) is 18.2 Å². The van der Waals surface area contributed by atoms with E-state index in [2.05, 4.69) is 10.6 Å². The van der Waals surface area contributed by atoms with E-state index < -0.39 is 0 Å². The van der Waals surface area contributed by atoms with E-state index in [4.69, 9.17) is 11.6 Å². The number of amides is 1. The molecule has 0 saturated carbocycles. The molecule has 2 aromatic carbocycles. The van der Waals surface area contributed by atoms with Crippen molar-refractivity contribution in [3.63, 3.8) is 0 Å². The summed E-state index contributed by atoms with van der Waals surface area (Å²) < 4.78 is 13.2. The predicted molar refractivity (Wildman–Crippen MR) is 84.2 cm³/mol. The molecule has 0 aromatic heterocycles. The van der Waals surface area contributed by atoms with Crippen LogP contribution in [0.15, 0.2) is 42.5 Å². The fourth-order valence-electron chi connectivity index (χ4n) is 2.01. The molecule has 0 fully saturated rings. The highest BCUT2D eigenvalue weighted by Crippen LogP contribution is 2.28. The monoisotopic (exact) mass is 306 g/mol. The molecule has 0 aliphatic rings. The lowest BCUT2D eigenvalue weighted by atomic mass is 10.1. The first kappa shape index (κ1) is 15.3. The van der Waals surface area contributed by atoms with Gasteiger partial charge in [-0.2, -0.15) is 0 Å². The second-order valence-electron chi connectivity index (χ2n) is 4.80. The van der Waals surface area contributed by atoms with Gasteiger partial charge in [-0.05, 0) is 42.8 Å². The molecule has 3 nitrogen and oxygen atoms in total. The SMILES string of the molecule is CC(=O)Nc1ccc(NC(C)c2cccc(F)c2)cc1Cl. The van der Waals surface area contributed by atoms with Crippen molar-refractivity contribution in [2.45, 2.75) is 19.9 Å². The average Bonchev–Trinajstić information content (AvgIpc) is 2.41. The largest absolute Gasteiger partial charge is 0.378 e. The molecule has 0 saturated heterocycles. The van der Waals surface area contributed by atoms with E-state index >= 15 is 0 Å². The van der Waals surface area contributed by atoms with E-state index in [1.165, 1.54) is 19.1 Å². The van der Waals surface area contributed by atoms with Crippen LogP contribution in [0.2, 0.25) is 5.02 Å². The number of anilines is 2. The summed E-state index contributed by atoms with van der Waals surface area (Å²) in [5.74, 6) is -0.439. The third-order valence-corrected chi connectivity index (χ3v) is 3.32. The highest BCUT2D eigenvalue weighted by molar-refractivity contribution is 6.34. The van der Waals surface area contributed by atoms with Gasteiger partial charge in [0.25, 0.3) is 0 Å². The lowest BCUT2D eigenvalue weighted by Gasteiger charge is -2.17. The highest BCUT2D eigenvalue weighted by atomic mass is 35.5. The van der Waals surface area contributed by atoms with Crippen molar-refractivity contribution in [3.8, 4) is 0 Å². The van der Waals surface area contributed by atoms with Crippen molar-refractivity contribution in [3.05, 3.63) is 58.9 Å². The second-order valence-corrected chi connectivity index (χ2v) is 5.20. The van der Waals surface area contributed by atoms with Crippen LogP contribution in [-0.2, 0) is 4.79 Å². The number of hydrogen-bond acceptors (Lipinski definition) is 2. The van der Waals surface area contributed by atoms with Crippen LogP contribution in [0.3, 0.4) is 0 Å². The molecule has 1 atom stereocenters. The van der Waals surface area contributed by atoms with Gasteiger partial charge in [0.1, 0.15) is 5.82 Å². The molecule has 5 heteroatoms. The summed E-state index contributed by atoms with van der Waals surface area (Å²) in [6.07, 6.45) is 0. The second kappa shape index (κ2) is 6.59. The van der Waals surface area contributed by atoms with Crippen LogP contribution in [0, 0.1) is 5.82 Å². The van der Waals surface area contributed by atoms with Crippen molar-refractivity contribution in [2.75, 3.05) is 10.6 Å². The van der Waals surface area contributed by atoms with Gasteiger partial charge in [0.05, 0.1) is 10.7 Å². The number of carbonyl (C=O) groups is 1. The lowest BCUT2D eigenvalue weighted by molar-refractivity contribution is -0.114. The van der Waals surface area contributed by atoms with Gasteiger partial charge in [-0.1, -0.05) is 23.7 Å². The number of rotatable bonds is 4. The minimum absolute atomic E-state index is 0.0663. The number of carbonyl (C=O) groups excluding carboxylic acids is 1. The highest BCUT2D eigenvalue weighted by Gasteiger charge is 2.08. The van der Waals surface area contributed by atoms with Gasteiger partial charge in [-0.3, -0.25) is 4.79 Å². The summed E-state index contributed by atoms with van der Waals surface area (Å²) in [6.45, 7) is 3.36. The minimum atomic E-state index is -0.264. The number of nitrogens with one attached hydrogen (secondary N) is 2. The topological polar surface area (TPSA) is 41.1 Å². The van der Waals surface area contributed by atoms with Crippen LogP contribution in [0.4, 0.5) is 15.8 Å². The van der Waals surface area contributed by atoms with E-state index in [-0.39, 0.29) is 17.8 Å². The first-order chi connectivity index (χ1) is 9.95. The summed E-state index contributed by atoms with van der Waals surface area (Å²) in [6, 6.07) is 11.6. The molecule has 2 N–H and O–H groups in total. The van der Waals surface area contributed by atoms with Gasteiger partial charge in [-0.15, -0.1) is 0 Å². The molecule has 2 aromatic rings. The minimum Gasteiger partial charge on any atom is -0.378 e. The van der Waals surface area contributed by atoms with Crippen LogP contribution in [0.25, 0.3) is 0 Å². The van der Waals surface area contributed by atoms with Gasteiger partial charge in [-0.25, -0.2) is 4.39 Å². The maximum atomic E-state index is 13.2. The zero-order valence-corrected chi connectivity index (χ0v) is 12.5. The maximum Gasteiger partial charge on any atom is 0.221 e. The van der Waals surface area contributed by atoms with Gasteiger partial charge in [0.15, 0.2) is 0 Å². The summed E-state index contributed by atoms with van der Waals surface area (Å²) in [7, 11) is 0. The predicted octanol–water partition coefficient (Wildman–Crippen LogP) is 4.61. The molecule has 21 heavy (non-hydrogen) atoms. The molecule has 1 unspecified atom stereocenters. The molecular formula is C16H16ClFN2O. The lowest BCUT2D eigenvalue weighted by Crippen LogP contribution is -2.08. The third kappa shape index (κ3) is 4.20. The van der Waals surface area contributed by atoms with Crippen molar-refractivity contribution in [2.24, 2.45) is 0 Å². The molecule has 0 aliphatic carbocycles. The van der Waals surface area contributed by atoms with Gasteiger partial charge in [0, 0.05) is 18.7 Å². The molecule has 0 bridgehead atoms. The first-order valence-corrected chi connectivity index (χ1v) is 6.92. The smallest absolute Gasteiger partial charge is 0.221 e. The molecule has 0 spiro atoms. The summed E-state index contributed by atoms with van der Waals surface area (Å²) >= 11 is 6.11. The molecule has 110 valence electrons. The van der Waals surface area contributed by atoms with Crippen molar-refractivity contribution in [1.82, 2.24) is 0 Å². The standard InChI is InChI=1S/C16H16ClFN2O/c1-10(12-4-3-5-13(18)8-12)19-14-6-7-16(15(17)9-14)20-11(2)21/h3-10,19H,1-2H3,(H,20,21). The third-order valence-electron chi connectivity index (χ3n) is 3.01. The first-order valence-electron chi connectivity index (χ1n) is 6.55. The van der Waals surface area contributed by atoms with E-state index in [1.807, 2.05) is 19.1 Å². The normalized spacial score (nSPS) is 11.8. The van der Waals surface area contributed by atoms with Crippen LogP contribution in [0.1, 0.15) is 25.5 Å². The fraction of sp³-hybridized carbons (Fsp3) is 0.188. The molecular weight excluding hydrogens is 291 g/mol. The zero-order chi connectivity index (χ0) is 15.4. The Morgan fingerprint density at radius 3 is 2.62 bits per heavy atom. The number of hydrogen-bond donors (Lipinski definition) is 2. The Labute approximate surface area is 128 Å². The van der Waals surface area contributed by atoms with Crippen molar-refractivity contribution in [1.29, 1.82) is 0 Å². The van der Waals surface area contributed by atoms with Crippen LogP contribution in [0.5, 0.6) is 0 Å². The Kier molecular flexibility index (Phi) is 4.81. The Morgan fingerprint density at radius 1 is 1.24 bits per heavy atom. The van der Waals surface area contributed by atoms with Gasteiger partial charge in [0.2, 0.25) is 5.91 Å². The summed E-state index contributed by atoms with van der Waals surface area (Å²) in [5, 5.41) is 6.33. The van der Waals surface area contributed by atoms with Crippen molar-refractivity contribution < 1.29 is 9.18 Å². The van der Waals surface area contributed by atoms with E-state index in [0.717, 1.165) is 11.3 Å². The van der Waals surface area contributed by atoms with E-state index in [0.29, 0.717) is 10.7 Å². The van der Waals surface area contributed by atoms with Crippen LogP contribution in [-0.4, -0.2) is 5.91 Å². The molecule has 0 radical (unpaired) electrons. The molecule has 2 rings (SSSR count). The van der Waals surface area contributed by atoms with E-state index in [9.17, 15) is 9.18 Å². The Hall–Kier alpha value is -2.07. The Balaban J connectivity index is 2.12. The average molecular weight is 307 g/mol. The Bertz CT molecular complexity index is 660. The Morgan fingerprint density at radius 2 is 2.00 bits per heavy atom. The van der Waals surface area contributed by atoms with Crippen LogP contribution >= 0.6 is 11.6 Å². The summed E-state index contributed by atoms with van der Waals surface area (Å²) in [5.41, 5.74) is 2.20. The summed E-state index contributed by atoms with van der Waals surface area (Å²) in [4.78, 5) is 11.0. The van der Waals surface area contributed by atoms with Gasteiger partial charge < -0.3 is 10.6 Å². The molecule has 0 heterocycles. The zero-order valence-electron chi connectivity index (χ0n) is 11.8. The molecule has 1 amide bonds.